The van der Waals surface area contributed by atoms with Crippen LogP contribution in [0.3, 0.4) is 0 Å². The molecule has 0 aliphatic heterocycles. The van der Waals surface area contributed by atoms with Crippen molar-refractivity contribution in [1.29, 1.82) is 0 Å². The summed E-state index contributed by atoms with van der Waals surface area (Å²) in [7, 11) is 4.10. The lowest BCUT2D eigenvalue weighted by Crippen LogP contribution is -2.19. The van der Waals surface area contributed by atoms with E-state index in [2.05, 4.69) is 4.90 Å². The molecule has 1 aliphatic carbocycles. The van der Waals surface area contributed by atoms with Crippen LogP contribution in [0.4, 0.5) is 0 Å². The van der Waals surface area contributed by atoms with Gasteiger partial charge in [-0.2, -0.15) is 0 Å². The Morgan fingerprint density at radius 2 is 2.00 bits per heavy atom. The van der Waals surface area contributed by atoms with Crippen molar-refractivity contribution in [2.45, 2.75) is 38.2 Å². The average Bonchev–Trinajstić information content (AvgIpc) is 2.80. The summed E-state index contributed by atoms with van der Waals surface area (Å²) in [6.45, 7) is 1.01. The third kappa shape index (κ3) is 4.73. The van der Waals surface area contributed by atoms with Crippen LogP contribution in [0.25, 0.3) is 0 Å². The molecule has 0 saturated heterocycles. The summed E-state index contributed by atoms with van der Waals surface area (Å²) in [5, 5.41) is 9.55. The Hall–Kier alpha value is -0.0800. The minimum atomic E-state index is -0.0620. The van der Waals surface area contributed by atoms with Crippen LogP contribution in [-0.2, 0) is 0 Å². The molecule has 1 unspecified atom stereocenters. The third-order valence-corrected chi connectivity index (χ3v) is 2.51. The Bertz CT molecular complexity index is 115. The molecule has 0 heterocycles. The summed E-state index contributed by atoms with van der Waals surface area (Å²) in [4.78, 5) is 2.13. The highest BCUT2D eigenvalue weighted by Gasteiger charge is 2.21. The molecule has 1 aliphatic rings. The fraction of sp³-hybridized carbons (Fsp3) is 1.00. The van der Waals surface area contributed by atoms with Crippen LogP contribution in [0.5, 0.6) is 0 Å². The molecule has 0 aromatic carbocycles. The molecule has 1 saturated carbocycles. The molecule has 0 aromatic rings. The molecular weight excluding hydrogens is 150 g/mol. The largest absolute Gasteiger partial charge is 0.393 e. The van der Waals surface area contributed by atoms with Crippen molar-refractivity contribution in [2.24, 2.45) is 5.92 Å². The zero-order chi connectivity index (χ0) is 8.97. The highest BCUT2D eigenvalue weighted by Crippen LogP contribution is 2.34. The maximum atomic E-state index is 9.55. The lowest BCUT2D eigenvalue weighted by Gasteiger charge is -2.13. The van der Waals surface area contributed by atoms with Crippen molar-refractivity contribution in [3.8, 4) is 0 Å². The SMILES string of the molecule is CN(C)CCC(O)CCC1CC1. The highest BCUT2D eigenvalue weighted by molar-refractivity contribution is 4.74. The number of hydrogen-bond donors (Lipinski definition) is 1. The minimum absolute atomic E-state index is 0.0620. The number of hydrogen-bond acceptors (Lipinski definition) is 2. The van der Waals surface area contributed by atoms with Gasteiger partial charge in [0, 0.05) is 0 Å². The molecule has 0 aromatic heterocycles. The van der Waals surface area contributed by atoms with E-state index in [9.17, 15) is 5.11 Å². The fourth-order valence-electron chi connectivity index (χ4n) is 1.39. The molecule has 1 atom stereocenters. The molecule has 0 radical (unpaired) electrons. The van der Waals surface area contributed by atoms with Crippen LogP contribution in [0.2, 0.25) is 0 Å². The molecule has 1 fully saturated rings. The topological polar surface area (TPSA) is 23.5 Å². The third-order valence-electron chi connectivity index (χ3n) is 2.51. The highest BCUT2D eigenvalue weighted by atomic mass is 16.3. The predicted octanol–water partition coefficient (Wildman–Crippen LogP) is 1.49. The van der Waals surface area contributed by atoms with Crippen molar-refractivity contribution in [2.75, 3.05) is 20.6 Å². The standard InChI is InChI=1S/C10H21NO/c1-11(2)8-7-10(12)6-5-9-3-4-9/h9-10,12H,3-8H2,1-2H3. The normalized spacial score (nSPS) is 20.0. The number of rotatable bonds is 6. The van der Waals surface area contributed by atoms with Gasteiger partial charge in [0.05, 0.1) is 6.10 Å². The smallest absolute Gasteiger partial charge is 0.0552 e. The Morgan fingerprint density at radius 3 is 2.50 bits per heavy atom. The van der Waals surface area contributed by atoms with E-state index in [1.165, 1.54) is 19.3 Å². The van der Waals surface area contributed by atoms with Gasteiger partial charge in [-0.3, -0.25) is 0 Å². The summed E-state index contributed by atoms with van der Waals surface area (Å²) < 4.78 is 0. The first-order valence-corrected chi connectivity index (χ1v) is 5.01. The van der Waals surface area contributed by atoms with Gasteiger partial charge < -0.3 is 10.0 Å². The van der Waals surface area contributed by atoms with Gasteiger partial charge in [0.1, 0.15) is 0 Å². The number of aliphatic hydroxyl groups is 1. The Kier molecular flexibility index (Phi) is 4.02. The van der Waals surface area contributed by atoms with Crippen molar-refractivity contribution in [1.82, 2.24) is 4.90 Å². The summed E-state index contributed by atoms with van der Waals surface area (Å²) in [6, 6.07) is 0. The minimum Gasteiger partial charge on any atom is -0.393 e. The van der Waals surface area contributed by atoms with Gasteiger partial charge in [-0.15, -0.1) is 0 Å². The maximum Gasteiger partial charge on any atom is 0.0552 e. The maximum absolute atomic E-state index is 9.55. The van der Waals surface area contributed by atoms with Gasteiger partial charge in [0.2, 0.25) is 0 Å². The first-order chi connectivity index (χ1) is 5.68. The molecule has 72 valence electrons. The van der Waals surface area contributed by atoms with Crippen LogP contribution < -0.4 is 0 Å². The molecule has 12 heavy (non-hydrogen) atoms. The first kappa shape index (κ1) is 10.0. The van der Waals surface area contributed by atoms with E-state index in [1.54, 1.807) is 0 Å². The van der Waals surface area contributed by atoms with Crippen LogP contribution in [-0.4, -0.2) is 36.8 Å². The predicted molar refractivity (Wildman–Crippen MR) is 51.1 cm³/mol. The second-order valence-corrected chi connectivity index (χ2v) is 4.27. The van der Waals surface area contributed by atoms with Gasteiger partial charge in [-0.25, -0.2) is 0 Å². The number of nitrogens with zero attached hydrogens (tertiary/aromatic N) is 1. The summed E-state index contributed by atoms with van der Waals surface area (Å²) >= 11 is 0. The van der Waals surface area contributed by atoms with Crippen LogP contribution in [0.15, 0.2) is 0 Å². The van der Waals surface area contributed by atoms with Crippen molar-refractivity contribution >= 4 is 0 Å². The lowest BCUT2D eigenvalue weighted by atomic mass is 10.1. The molecule has 1 N–H and O–H groups in total. The zero-order valence-electron chi connectivity index (χ0n) is 8.29. The second kappa shape index (κ2) is 4.83. The first-order valence-electron chi connectivity index (χ1n) is 5.01. The van der Waals surface area contributed by atoms with Gasteiger partial charge in [0.25, 0.3) is 0 Å². The van der Waals surface area contributed by atoms with Crippen molar-refractivity contribution < 1.29 is 5.11 Å². The van der Waals surface area contributed by atoms with E-state index in [4.69, 9.17) is 0 Å². The molecule has 1 rings (SSSR count). The van der Waals surface area contributed by atoms with Crippen molar-refractivity contribution in [3.05, 3.63) is 0 Å². The van der Waals surface area contributed by atoms with E-state index in [1.807, 2.05) is 14.1 Å². The Labute approximate surface area is 75.6 Å². The molecular formula is C10H21NO. The van der Waals surface area contributed by atoms with Gasteiger partial charge >= 0.3 is 0 Å². The van der Waals surface area contributed by atoms with E-state index < -0.39 is 0 Å². The summed E-state index contributed by atoms with van der Waals surface area (Å²) in [5.74, 6) is 0.957. The van der Waals surface area contributed by atoms with E-state index in [-0.39, 0.29) is 6.10 Å². The molecule has 0 amide bonds. The average molecular weight is 171 g/mol. The van der Waals surface area contributed by atoms with E-state index >= 15 is 0 Å². The quantitative estimate of drug-likeness (QED) is 0.654. The molecule has 2 heteroatoms. The van der Waals surface area contributed by atoms with E-state index in [0.29, 0.717) is 0 Å². The zero-order valence-corrected chi connectivity index (χ0v) is 8.29. The molecule has 0 bridgehead atoms. The van der Waals surface area contributed by atoms with Crippen LogP contribution >= 0.6 is 0 Å². The fourth-order valence-corrected chi connectivity index (χ4v) is 1.39. The van der Waals surface area contributed by atoms with Gasteiger partial charge in [-0.05, 0) is 45.8 Å². The van der Waals surface area contributed by atoms with Crippen LogP contribution in [0.1, 0.15) is 32.1 Å². The van der Waals surface area contributed by atoms with Gasteiger partial charge in [0.15, 0.2) is 0 Å². The van der Waals surface area contributed by atoms with Crippen molar-refractivity contribution in [3.63, 3.8) is 0 Å². The number of aliphatic hydroxyl groups excluding tert-OH is 1. The summed E-state index contributed by atoms with van der Waals surface area (Å²) in [5.41, 5.74) is 0. The van der Waals surface area contributed by atoms with E-state index in [0.717, 1.165) is 25.3 Å². The van der Waals surface area contributed by atoms with Crippen LogP contribution in [0, 0.1) is 5.92 Å². The Balaban J connectivity index is 1.91. The lowest BCUT2D eigenvalue weighted by molar-refractivity contribution is 0.138. The summed E-state index contributed by atoms with van der Waals surface area (Å²) in [6.07, 6.45) is 5.93. The molecule has 2 nitrogen and oxygen atoms in total. The molecule has 0 spiro atoms. The second-order valence-electron chi connectivity index (χ2n) is 4.27. The van der Waals surface area contributed by atoms with Gasteiger partial charge in [-0.1, -0.05) is 12.8 Å². The Morgan fingerprint density at radius 1 is 1.33 bits per heavy atom. The monoisotopic (exact) mass is 171 g/mol.